The highest BCUT2D eigenvalue weighted by Crippen LogP contribution is 2.23. The third-order valence-electron chi connectivity index (χ3n) is 2.44. The van der Waals surface area contributed by atoms with Gasteiger partial charge in [0.15, 0.2) is 0 Å². The molecule has 0 aliphatic carbocycles. The Labute approximate surface area is 83.4 Å². The van der Waals surface area contributed by atoms with E-state index in [1.807, 2.05) is 18.3 Å². The molecule has 1 heterocycles. The molecule has 0 atom stereocenters. The van der Waals surface area contributed by atoms with Gasteiger partial charge in [0.25, 0.3) is 0 Å². The lowest BCUT2D eigenvalue weighted by Gasteiger charge is -1.97. The summed E-state index contributed by atoms with van der Waals surface area (Å²) in [6, 6.07) is 8.28. The van der Waals surface area contributed by atoms with Crippen molar-refractivity contribution >= 4 is 16.5 Å². The largest absolute Gasteiger partial charge is 0.361 e. The molecule has 0 amide bonds. The summed E-state index contributed by atoms with van der Waals surface area (Å²) in [6.45, 7) is 2.67. The molecule has 0 radical (unpaired) electrons. The third kappa shape index (κ3) is 1.44. The number of fused-ring (bicyclic) bond motifs is 1. The van der Waals surface area contributed by atoms with E-state index in [1.54, 1.807) is 0 Å². The lowest BCUT2D eigenvalue weighted by molar-refractivity contribution is 1.25. The van der Waals surface area contributed by atoms with E-state index >= 15 is 0 Å². The van der Waals surface area contributed by atoms with E-state index < -0.39 is 0 Å². The topological polar surface area (TPSA) is 41.8 Å². The number of nitrogens with one attached hydrogen (secondary N) is 1. The van der Waals surface area contributed by atoms with E-state index in [2.05, 4.69) is 30.1 Å². The van der Waals surface area contributed by atoms with Gasteiger partial charge in [-0.1, -0.05) is 24.3 Å². The second-order valence-electron chi connectivity index (χ2n) is 3.37. The highest BCUT2D eigenvalue weighted by atomic mass is 14.7. The molecule has 1 aromatic heterocycles. The fourth-order valence-corrected chi connectivity index (χ4v) is 1.68. The molecule has 2 nitrogen and oxygen atoms in total. The van der Waals surface area contributed by atoms with Crippen molar-refractivity contribution in [2.24, 2.45) is 5.73 Å². The van der Waals surface area contributed by atoms with Gasteiger partial charge in [0.1, 0.15) is 0 Å². The van der Waals surface area contributed by atoms with Crippen molar-refractivity contribution in [2.45, 2.75) is 6.92 Å². The Morgan fingerprint density at radius 3 is 3.00 bits per heavy atom. The van der Waals surface area contributed by atoms with Crippen LogP contribution in [0.5, 0.6) is 0 Å². The molecule has 0 saturated heterocycles. The minimum absolute atomic E-state index is 0.589. The molecule has 72 valence electrons. The average molecular weight is 186 g/mol. The number of para-hydroxylation sites is 1. The van der Waals surface area contributed by atoms with Crippen LogP contribution in [0.4, 0.5) is 0 Å². The van der Waals surface area contributed by atoms with Gasteiger partial charge >= 0.3 is 0 Å². The van der Waals surface area contributed by atoms with E-state index in [0.29, 0.717) is 6.54 Å². The van der Waals surface area contributed by atoms with Crippen LogP contribution in [0.15, 0.2) is 36.5 Å². The van der Waals surface area contributed by atoms with Crippen molar-refractivity contribution in [1.29, 1.82) is 0 Å². The standard InChI is InChI=1S/C12H14N2/c1-9(6-7-13)11-8-14-12-5-3-2-4-10(11)12/h2-6,8,14H,7,13H2,1H3/b9-6+. The van der Waals surface area contributed by atoms with Gasteiger partial charge in [0.2, 0.25) is 0 Å². The second-order valence-corrected chi connectivity index (χ2v) is 3.37. The molecule has 0 aliphatic heterocycles. The first-order valence-corrected chi connectivity index (χ1v) is 4.76. The number of rotatable bonds is 2. The van der Waals surface area contributed by atoms with Crippen LogP contribution in [0.2, 0.25) is 0 Å². The van der Waals surface area contributed by atoms with E-state index in [4.69, 9.17) is 5.73 Å². The van der Waals surface area contributed by atoms with Crippen molar-refractivity contribution in [3.8, 4) is 0 Å². The molecule has 3 N–H and O–H groups in total. The zero-order valence-corrected chi connectivity index (χ0v) is 8.25. The Hall–Kier alpha value is -1.54. The number of aromatic amines is 1. The highest BCUT2D eigenvalue weighted by molar-refractivity contribution is 5.92. The Morgan fingerprint density at radius 2 is 2.21 bits per heavy atom. The second kappa shape index (κ2) is 3.68. The van der Waals surface area contributed by atoms with Gasteiger partial charge in [-0.3, -0.25) is 0 Å². The van der Waals surface area contributed by atoms with Crippen LogP contribution >= 0.6 is 0 Å². The predicted octanol–water partition coefficient (Wildman–Crippen LogP) is 2.53. The number of nitrogens with two attached hydrogens (primary N) is 1. The van der Waals surface area contributed by atoms with Crippen LogP contribution < -0.4 is 5.73 Å². The number of allylic oxidation sites excluding steroid dienone is 1. The molecule has 0 saturated carbocycles. The third-order valence-corrected chi connectivity index (χ3v) is 2.44. The van der Waals surface area contributed by atoms with Gasteiger partial charge in [0, 0.05) is 29.2 Å². The maximum Gasteiger partial charge on any atom is 0.0460 e. The minimum atomic E-state index is 0.589. The summed E-state index contributed by atoms with van der Waals surface area (Å²) in [4.78, 5) is 3.25. The Bertz CT molecular complexity index is 466. The van der Waals surface area contributed by atoms with Gasteiger partial charge in [-0.25, -0.2) is 0 Å². The average Bonchev–Trinajstić information content (AvgIpc) is 2.61. The first-order valence-electron chi connectivity index (χ1n) is 4.76. The maximum absolute atomic E-state index is 5.49. The summed E-state index contributed by atoms with van der Waals surface area (Å²) in [5.41, 5.74) is 9.13. The summed E-state index contributed by atoms with van der Waals surface area (Å²) >= 11 is 0. The summed E-state index contributed by atoms with van der Waals surface area (Å²) in [5, 5.41) is 1.26. The minimum Gasteiger partial charge on any atom is -0.361 e. The van der Waals surface area contributed by atoms with Crippen LogP contribution in [0, 0.1) is 0 Å². The molecule has 2 rings (SSSR count). The maximum atomic E-state index is 5.49. The van der Waals surface area contributed by atoms with Crippen LogP contribution in [-0.4, -0.2) is 11.5 Å². The van der Waals surface area contributed by atoms with Crippen molar-refractivity contribution in [3.63, 3.8) is 0 Å². The van der Waals surface area contributed by atoms with Crippen molar-refractivity contribution < 1.29 is 0 Å². The SMILES string of the molecule is C/C(=C\CN)c1c[nH]c2ccccc12. The Morgan fingerprint density at radius 1 is 1.43 bits per heavy atom. The van der Waals surface area contributed by atoms with Gasteiger partial charge in [0.05, 0.1) is 0 Å². The number of H-pyrrole nitrogens is 1. The molecule has 0 unspecified atom stereocenters. The normalized spacial score (nSPS) is 12.3. The fraction of sp³-hybridized carbons (Fsp3) is 0.167. The number of benzene rings is 1. The van der Waals surface area contributed by atoms with E-state index in [0.717, 1.165) is 0 Å². The number of hydrogen-bond acceptors (Lipinski definition) is 1. The zero-order valence-electron chi connectivity index (χ0n) is 8.25. The molecule has 0 fully saturated rings. The molecule has 0 bridgehead atoms. The van der Waals surface area contributed by atoms with Crippen molar-refractivity contribution in [2.75, 3.05) is 6.54 Å². The smallest absolute Gasteiger partial charge is 0.0460 e. The first kappa shape index (κ1) is 9.03. The summed E-state index contributed by atoms with van der Waals surface area (Å²) in [7, 11) is 0. The lowest BCUT2D eigenvalue weighted by Crippen LogP contribution is -1.94. The van der Waals surface area contributed by atoms with Crippen LogP contribution in [0.3, 0.4) is 0 Å². The molecule has 1 aromatic carbocycles. The molecule has 0 spiro atoms. The summed E-state index contributed by atoms with van der Waals surface area (Å²) in [6.07, 6.45) is 4.07. The highest BCUT2D eigenvalue weighted by Gasteiger charge is 2.02. The van der Waals surface area contributed by atoms with E-state index in [1.165, 1.54) is 22.0 Å². The molecule has 14 heavy (non-hydrogen) atoms. The van der Waals surface area contributed by atoms with Gasteiger partial charge in [-0.15, -0.1) is 0 Å². The summed E-state index contributed by atoms with van der Waals surface area (Å²) in [5.74, 6) is 0. The van der Waals surface area contributed by atoms with Gasteiger partial charge < -0.3 is 10.7 Å². The fourth-order valence-electron chi connectivity index (χ4n) is 1.68. The van der Waals surface area contributed by atoms with Crippen molar-refractivity contribution in [1.82, 2.24) is 4.98 Å². The molecular weight excluding hydrogens is 172 g/mol. The number of hydrogen-bond donors (Lipinski definition) is 2. The zero-order chi connectivity index (χ0) is 9.97. The monoisotopic (exact) mass is 186 g/mol. The van der Waals surface area contributed by atoms with Crippen LogP contribution in [0.1, 0.15) is 12.5 Å². The van der Waals surface area contributed by atoms with Gasteiger partial charge in [-0.2, -0.15) is 0 Å². The summed E-state index contributed by atoms with van der Waals surface area (Å²) < 4.78 is 0. The van der Waals surface area contributed by atoms with E-state index in [-0.39, 0.29) is 0 Å². The van der Waals surface area contributed by atoms with Gasteiger partial charge in [-0.05, 0) is 18.6 Å². The Balaban J connectivity index is 2.58. The molecular formula is C12H14N2. The first-order chi connectivity index (χ1) is 6.83. The van der Waals surface area contributed by atoms with Crippen LogP contribution in [0.25, 0.3) is 16.5 Å². The van der Waals surface area contributed by atoms with E-state index in [9.17, 15) is 0 Å². The van der Waals surface area contributed by atoms with Crippen molar-refractivity contribution in [3.05, 3.63) is 42.1 Å². The van der Waals surface area contributed by atoms with Crippen LogP contribution in [-0.2, 0) is 0 Å². The predicted molar refractivity (Wildman–Crippen MR) is 61.0 cm³/mol. The quantitative estimate of drug-likeness (QED) is 0.743. The molecule has 2 heteroatoms. The molecule has 0 aliphatic rings. The lowest BCUT2D eigenvalue weighted by atomic mass is 10.1. The molecule has 2 aromatic rings. The number of aromatic nitrogens is 1. The Kier molecular flexibility index (Phi) is 2.37.